The number of hydrogen-bond acceptors (Lipinski definition) is 8. The molecule has 1 saturated heterocycles. The average Bonchev–Trinajstić information content (AvgIpc) is 3.24. The summed E-state index contributed by atoms with van der Waals surface area (Å²) in [4.78, 5) is 30.4. The van der Waals surface area contributed by atoms with Crippen LogP contribution in [0.1, 0.15) is 20.8 Å². The van der Waals surface area contributed by atoms with Crippen LogP contribution in [-0.4, -0.2) is 68.2 Å². The van der Waals surface area contributed by atoms with Crippen LogP contribution in [0.15, 0.2) is 41.7 Å². The van der Waals surface area contributed by atoms with E-state index in [-0.39, 0.29) is 17.1 Å². The zero-order chi connectivity index (χ0) is 24.5. The van der Waals surface area contributed by atoms with Crippen LogP contribution in [0, 0.1) is 5.82 Å². The molecule has 3 aromatic rings. The van der Waals surface area contributed by atoms with Gasteiger partial charge in [-0.2, -0.15) is 0 Å². The monoisotopic (exact) mass is 503 g/mol. The number of benzene rings is 1. The number of hydrogen-bond donors (Lipinski definition) is 0. The average molecular weight is 504 g/mol. The predicted molar refractivity (Wildman–Crippen MR) is 131 cm³/mol. The minimum absolute atomic E-state index is 0.239. The number of ether oxygens (including phenoxy) is 1. The highest BCUT2D eigenvalue weighted by Gasteiger charge is 2.28. The Kier molecular flexibility index (Phi) is 6.94. The third-order valence-corrected chi connectivity index (χ3v) is 6.91. The van der Waals surface area contributed by atoms with Crippen molar-refractivity contribution in [3.63, 3.8) is 0 Å². The molecular weight excluding hydrogens is 477 g/mol. The zero-order valence-corrected chi connectivity index (χ0v) is 21.1. The summed E-state index contributed by atoms with van der Waals surface area (Å²) in [6.07, 6.45) is 2.79. The fourth-order valence-electron chi connectivity index (χ4n) is 3.43. The number of carbonyl (C=O) groups excluding carboxylic acids is 1. The first kappa shape index (κ1) is 24.2. The highest BCUT2D eigenvalue weighted by Crippen LogP contribution is 2.40. The van der Waals surface area contributed by atoms with Crippen LogP contribution in [0.3, 0.4) is 0 Å². The van der Waals surface area contributed by atoms with Gasteiger partial charge in [0.1, 0.15) is 11.4 Å². The number of rotatable bonds is 4. The van der Waals surface area contributed by atoms with Gasteiger partial charge in [0.15, 0.2) is 5.13 Å². The van der Waals surface area contributed by atoms with E-state index in [1.807, 2.05) is 20.8 Å². The molecule has 0 radical (unpaired) electrons. The van der Waals surface area contributed by atoms with E-state index in [2.05, 4.69) is 14.9 Å². The van der Waals surface area contributed by atoms with Gasteiger partial charge in [0.2, 0.25) is 5.16 Å². The molecule has 1 amide bonds. The van der Waals surface area contributed by atoms with Gasteiger partial charge in [-0.3, -0.25) is 4.21 Å². The fraction of sp³-hybridized carbons (Fsp3) is 0.391. The first-order valence-corrected chi connectivity index (χ1v) is 13.1. The molecule has 1 aliphatic heterocycles. The van der Waals surface area contributed by atoms with Crippen molar-refractivity contribution < 1.29 is 18.1 Å². The summed E-state index contributed by atoms with van der Waals surface area (Å²) < 4.78 is 31.0. The van der Waals surface area contributed by atoms with Crippen molar-refractivity contribution >= 4 is 33.4 Å². The summed E-state index contributed by atoms with van der Waals surface area (Å²) in [6, 6.07) is 7.89. The third-order valence-electron chi connectivity index (χ3n) is 5.06. The standard InChI is InChI=1S/C23H26FN5O3S2/c1-23(2,3)32-22(30)29-13-11-28(12-14-29)21-27-18(15-5-7-16(24)8-6-15)19(33-21)17-9-10-25-20(26-17)34(4)31/h5-10H,11-14H2,1-4H3. The molecular formula is C23H26FN5O3S2. The third kappa shape index (κ3) is 5.58. The summed E-state index contributed by atoms with van der Waals surface area (Å²) in [5.41, 5.74) is 1.49. The Balaban J connectivity index is 1.63. The van der Waals surface area contributed by atoms with Gasteiger partial charge in [-0.05, 0) is 51.1 Å². The van der Waals surface area contributed by atoms with E-state index in [0.717, 1.165) is 15.6 Å². The maximum Gasteiger partial charge on any atom is 0.410 e. The molecule has 0 N–H and O–H groups in total. The second-order valence-corrected chi connectivity index (χ2v) is 11.1. The van der Waals surface area contributed by atoms with E-state index in [1.165, 1.54) is 29.7 Å². The van der Waals surface area contributed by atoms with Gasteiger partial charge in [-0.25, -0.2) is 24.1 Å². The van der Waals surface area contributed by atoms with Crippen LogP contribution in [-0.2, 0) is 15.5 Å². The number of aromatic nitrogens is 3. The Morgan fingerprint density at radius 2 is 1.76 bits per heavy atom. The van der Waals surface area contributed by atoms with Gasteiger partial charge in [0.05, 0.1) is 27.1 Å². The summed E-state index contributed by atoms with van der Waals surface area (Å²) in [5, 5.41) is 1.01. The molecule has 11 heteroatoms. The van der Waals surface area contributed by atoms with Crippen molar-refractivity contribution in [1.29, 1.82) is 0 Å². The van der Waals surface area contributed by atoms with Crippen LogP contribution >= 0.6 is 11.3 Å². The van der Waals surface area contributed by atoms with E-state index in [4.69, 9.17) is 9.72 Å². The largest absolute Gasteiger partial charge is 0.444 e. The van der Waals surface area contributed by atoms with Crippen molar-refractivity contribution in [3.05, 3.63) is 42.3 Å². The molecule has 4 rings (SSSR count). The Bertz CT molecular complexity index is 1200. The molecule has 1 aromatic carbocycles. The predicted octanol–water partition coefficient (Wildman–Crippen LogP) is 4.20. The van der Waals surface area contributed by atoms with Gasteiger partial charge < -0.3 is 14.5 Å². The van der Waals surface area contributed by atoms with E-state index < -0.39 is 16.4 Å². The number of piperazine rings is 1. The maximum absolute atomic E-state index is 13.5. The lowest BCUT2D eigenvalue weighted by atomic mass is 10.1. The molecule has 8 nitrogen and oxygen atoms in total. The van der Waals surface area contributed by atoms with Crippen molar-refractivity contribution in [2.45, 2.75) is 31.5 Å². The minimum atomic E-state index is -1.33. The van der Waals surface area contributed by atoms with Gasteiger partial charge in [0.25, 0.3) is 0 Å². The summed E-state index contributed by atoms with van der Waals surface area (Å²) >= 11 is 1.46. The van der Waals surface area contributed by atoms with Gasteiger partial charge in [-0.1, -0.05) is 11.3 Å². The summed E-state index contributed by atoms with van der Waals surface area (Å²) in [6.45, 7) is 7.78. The number of thiazole rings is 1. The first-order valence-electron chi connectivity index (χ1n) is 10.8. The van der Waals surface area contributed by atoms with E-state index in [1.54, 1.807) is 29.3 Å². The number of amides is 1. The van der Waals surface area contributed by atoms with E-state index >= 15 is 0 Å². The molecule has 0 saturated carbocycles. The normalized spacial score (nSPS) is 15.3. The molecule has 180 valence electrons. The Morgan fingerprint density at radius 1 is 1.09 bits per heavy atom. The van der Waals surface area contributed by atoms with Gasteiger partial charge in [0, 0.05) is 44.2 Å². The fourth-order valence-corrected chi connectivity index (χ4v) is 4.98. The number of carbonyl (C=O) groups is 1. The second-order valence-electron chi connectivity index (χ2n) is 8.81. The van der Waals surface area contributed by atoms with Crippen molar-refractivity contribution in [2.24, 2.45) is 0 Å². The lowest BCUT2D eigenvalue weighted by molar-refractivity contribution is 0.0240. The second kappa shape index (κ2) is 9.75. The van der Waals surface area contributed by atoms with Gasteiger partial charge in [-0.15, -0.1) is 0 Å². The van der Waals surface area contributed by atoms with Crippen molar-refractivity contribution in [3.8, 4) is 21.8 Å². The van der Waals surface area contributed by atoms with E-state index in [0.29, 0.717) is 37.6 Å². The van der Waals surface area contributed by atoms with Crippen LogP contribution in [0.2, 0.25) is 0 Å². The van der Waals surface area contributed by atoms with Crippen LogP contribution in [0.4, 0.5) is 14.3 Å². The van der Waals surface area contributed by atoms with E-state index in [9.17, 15) is 13.4 Å². The minimum Gasteiger partial charge on any atom is -0.444 e. The molecule has 1 aliphatic rings. The molecule has 0 spiro atoms. The zero-order valence-electron chi connectivity index (χ0n) is 19.4. The molecule has 2 aromatic heterocycles. The summed E-state index contributed by atoms with van der Waals surface area (Å²) in [7, 11) is -1.33. The molecule has 1 atom stereocenters. The first-order chi connectivity index (χ1) is 16.1. The molecule has 34 heavy (non-hydrogen) atoms. The lowest BCUT2D eigenvalue weighted by Gasteiger charge is -2.35. The number of halogens is 1. The molecule has 1 unspecified atom stereocenters. The highest BCUT2D eigenvalue weighted by atomic mass is 32.2. The Morgan fingerprint density at radius 3 is 2.38 bits per heavy atom. The molecule has 0 aliphatic carbocycles. The SMILES string of the molecule is CS(=O)c1nccc(-c2sc(N3CCN(C(=O)OC(C)(C)C)CC3)nc2-c2ccc(F)cc2)n1. The summed E-state index contributed by atoms with van der Waals surface area (Å²) in [5.74, 6) is -0.329. The molecule has 3 heterocycles. The lowest BCUT2D eigenvalue weighted by Crippen LogP contribution is -2.50. The van der Waals surface area contributed by atoms with Gasteiger partial charge >= 0.3 is 6.09 Å². The Hall–Kier alpha value is -2.92. The molecule has 0 bridgehead atoms. The highest BCUT2D eigenvalue weighted by molar-refractivity contribution is 7.84. The quantitative estimate of drug-likeness (QED) is 0.493. The van der Waals surface area contributed by atoms with Crippen LogP contribution < -0.4 is 4.90 Å². The van der Waals surface area contributed by atoms with Crippen molar-refractivity contribution in [2.75, 3.05) is 37.3 Å². The number of anilines is 1. The molecule has 1 fully saturated rings. The van der Waals surface area contributed by atoms with Crippen molar-refractivity contribution in [1.82, 2.24) is 19.9 Å². The maximum atomic E-state index is 13.5. The smallest absolute Gasteiger partial charge is 0.410 e. The number of nitrogens with zero attached hydrogens (tertiary/aromatic N) is 5. The Labute approximate surface area is 204 Å². The van der Waals surface area contributed by atoms with Crippen LogP contribution in [0.25, 0.3) is 21.8 Å². The topological polar surface area (TPSA) is 88.5 Å². The van der Waals surface area contributed by atoms with Crippen LogP contribution in [0.5, 0.6) is 0 Å².